The minimum Gasteiger partial charge on any atom is -0.364 e. The molecule has 0 saturated carbocycles. The molecule has 174 valence electrons. The van der Waals surface area contributed by atoms with Crippen LogP contribution in [0.5, 0.6) is 0 Å². The summed E-state index contributed by atoms with van der Waals surface area (Å²) in [6.45, 7) is 0.416. The van der Waals surface area contributed by atoms with Gasteiger partial charge in [-0.2, -0.15) is 0 Å². The van der Waals surface area contributed by atoms with Crippen LogP contribution in [0.15, 0.2) is 42.7 Å². The number of carbonyl (C=O) groups is 1. The van der Waals surface area contributed by atoms with Crippen molar-refractivity contribution < 1.29 is 22.0 Å². The molecule has 4 rings (SSSR count). The molecular formula is C21H20ClF2N5O3S. The van der Waals surface area contributed by atoms with E-state index in [0.29, 0.717) is 11.4 Å². The van der Waals surface area contributed by atoms with Crippen molar-refractivity contribution >= 4 is 44.6 Å². The molecule has 0 atom stereocenters. The maximum Gasteiger partial charge on any atom is 0.257 e. The smallest absolute Gasteiger partial charge is 0.257 e. The van der Waals surface area contributed by atoms with Crippen LogP contribution in [-0.2, 0) is 17.1 Å². The Bertz CT molecular complexity index is 1340. The maximum absolute atomic E-state index is 14.7. The third-order valence-electron chi connectivity index (χ3n) is 5.00. The van der Waals surface area contributed by atoms with Crippen LogP contribution < -0.4 is 14.9 Å². The number of nitrogens with zero attached hydrogens (tertiary/aromatic N) is 3. The highest BCUT2D eigenvalue weighted by Gasteiger charge is 2.27. The van der Waals surface area contributed by atoms with Gasteiger partial charge in [-0.15, -0.1) is 0 Å². The van der Waals surface area contributed by atoms with E-state index in [1.54, 1.807) is 16.5 Å². The zero-order valence-electron chi connectivity index (χ0n) is 17.6. The second-order valence-electron chi connectivity index (χ2n) is 7.81. The molecule has 1 aromatic carbocycles. The Morgan fingerprint density at radius 3 is 2.52 bits per heavy atom. The largest absolute Gasteiger partial charge is 0.364 e. The molecule has 1 amide bonds. The molecule has 12 heteroatoms. The summed E-state index contributed by atoms with van der Waals surface area (Å²) in [6, 6.07) is 7.08. The molecule has 8 nitrogen and oxygen atoms in total. The van der Waals surface area contributed by atoms with Gasteiger partial charge in [0.1, 0.15) is 11.9 Å². The number of alkyl halides is 1. The molecule has 0 bridgehead atoms. The molecule has 0 spiro atoms. The van der Waals surface area contributed by atoms with E-state index >= 15 is 0 Å². The second-order valence-corrected chi connectivity index (χ2v) is 9.99. The van der Waals surface area contributed by atoms with Crippen molar-refractivity contribution in [2.75, 3.05) is 34.3 Å². The Morgan fingerprint density at radius 1 is 1.18 bits per heavy atom. The highest BCUT2D eigenvalue weighted by molar-refractivity contribution is 7.92. The number of rotatable bonds is 6. The van der Waals surface area contributed by atoms with Gasteiger partial charge in [-0.25, -0.2) is 22.2 Å². The first kappa shape index (κ1) is 23.0. The Balaban J connectivity index is 1.55. The predicted molar refractivity (Wildman–Crippen MR) is 124 cm³/mol. The zero-order valence-corrected chi connectivity index (χ0v) is 19.2. The molecule has 33 heavy (non-hydrogen) atoms. The number of amides is 1. The number of aryl methyl sites for hydroxylation is 1. The first-order chi connectivity index (χ1) is 15.5. The summed E-state index contributed by atoms with van der Waals surface area (Å²) in [6.07, 6.45) is 3.07. The Morgan fingerprint density at radius 2 is 1.88 bits per heavy atom. The van der Waals surface area contributed by atoms with Crippen LogP contribution >= 0.6 is 11.6 Å². The van der Waals surface area contributed by atoms with Crippen molar-refractivity contribution in [3.8, 4) is 11.4 Å². The number of anilines is 3. The maximum atomic E-state index is 14.7. The second kappa shape index (κ2) is 8.64. The van der Waals surface area contributed by atoms with E-state index in [2.05, 4.69) is 15.0 Å². The number of sulfonamides is 1. The van der Waals surface area contributed by atoms with Crippen LogP contribution in [0.25, 0.3) is 11.4 Å². The summed E-state index contributed by atoms with van der Waals surface area (Å²) < 4.78 is 54.6. The average Bonchev–Trinajstić information content (AvgIpc) is 3.05. The van der Waals surface area contributed by atoms with E-state index in [1.165, 1.54) is 42.7 Å². The molecule has 1 aliphatic rings. The van der Waals surface area contributed by atoms with Crippen LogP contribution in [0.4, 0.5) is 25.8 Å². The number of halogens is 3. The van der Waals surface area contributed by atoms with Gasteiger partial charge in [0.2, 0.25) is 10.0 Å². The number of pyridine rings is 1. The van der Waals surface area contributed by atoms with Crippen molar-refractivity contribution in [3.63, 3.8) is 0 Å². The number of carbonyl (C=O) groups excluding carboxylic acids is 1. The monoisotopic (exact) mass is 495 g/mol. The minimum absolute atomic E-state index is 0.0556. The molecule has 0 aliphatic carbocycles. The van der Waals surface area contributed by atoms with E-state index in [9.17, 15) is 22.0 Å². The van der Waals surface area contributed by atoms with Crippen LogP contribution in [0.1, 0.15) is 10.4 Å². The quantitative estimate of drug-likeness (QED) is 0.544. The molecule has 3 heterocycles. The highest BCUT2D eigenvalue weighted by atomic mass is 35.5. The normalized spacial score (nSPS) is 14.2. The summed E-state index contributed by atoms with van der Waals surface area (Å²) in [4.78, 5) is 18.6. The van der Waals surface area contributed by atoms with Gasteiger partial charge in [-0.3, -0.25) is 9.52 Å². The molecule has 0 unspecified atom stereocenters. The molecule has 0 radical (unpaired) electrons. The zero-order chi connectivity index (χ0) is 23.9. The number of hydrogen-bond donors (Lipinski definition) is 2. The fourth-order valence-corrected chi connectivity index (χ4v) is 4.27. The molecule has 1 saturated heterocycles. The predicted octanol–water partition coefficient (Wildman–Crippen LogP) is 3.66. The van der Waals surface area contributed by atoms with Gasteiger partial charge in [0, 0.05) is 30.0 Å². The highest BCUT2D eigenvalue weighted by Crippen LogP contribution is 2.29. The van der Waals surface area contributed by atoms with Gasteiger partial charge in [0.05, 0.1) is 48.2 Å². The topological polar surface area (TPSA) is 96.3 Å². The molecule has 3 aromatic rings. The molecule has 2 aromatic heterocycles. The standard InChI is InChI=1S/C21H20ClF2N5O3S/c1-28-9-12(21(30)26-15-4-13(22)5-16(6-15)27-33(2,31)32)3-19(28)20-18(24)7-17(8-25-20)29-10-14(23)11-29/h3-9,14,27H,10-11H2,1-2H3,(H,26,30). The van der Waals surface area contributed by atoms with Crippen LogP contribution in [0, 0.1) is 5.82 Å². The van der Waals surface area contributed by atoms with Crippen LogP contribution in [-0.4, -0.2) is 49.4 Å². The van der Waals surface area contributed by atoms with Gasteiger partial charge < -0.3 is 14.8 Å². The summed E-state index contributed by atoms with van der Waals surface area (Å²) in [7, 11) is -1.88. The SMILES string of the molecule is Cn1cc(C(=O)Nc2cc(Cl)cc(NS(C)(=O)=O)c2)cc1-c1ncc(N2CC(F)C2)cc1F. The summed E-state index contributed by atoms with van der Waals surface area (Å²) in [5.41, 5.74) is 1.64. The molecule has 1 aliphatic heterocycles. The van der Waals surface area contributed by atoms with Crippen molar-refractivity contribution in [2.45, 2.75) is 6.17 Å². The third kappa shape index (κ3) is 5.25. The lowest BCUT2D eigenvalue weighted by Crippen LogP contribution is -2.48. The fourth-order valence-electron chi connectivity index (χ4n) is 3.49. The van der Waals surface area contributed by atoms with Crippen molar-refractivity contribution in [1.82, 2.24) is 9.55 Å². The molecule has 2 N–H and O–H groups in total. The van der Waals surface area contributed by atoms with Crippen molar-refractivity contribution in [3.05, 3.63) is 59.1 Å². The summed E-state index contributed by atoms with van der Waals surface area (Å²) in [5, 5.41) is 2.87. The number of nitrogens with one attached hydrogen (secondary N) is 2. The Kier molecular flexibility index (Phi) is 6.02. The van der Waals surface area contributed by atoms with E-state index in [4.69, 9.17) is 11.6 Å². The first-order valence-electron chi connectivity index (χ1n) is 9.79. The number of aromatic nitrogens is 2. The molecular weight excluding hydrogens is 476 g/mol. The number of hydrogen-bond acceptors (Lipinski definition) is 5. The van der Waals surface area contributed by atoms with Crippen LogP contribution in [0.3, 0.4) is 0 Å². The summed E-state index contributed by atoms with van der Waals surface area (Å²) in [5.74, 6) is -1.09. The van der Waals surface area contributed by atoms with Crippen molar-refractivity contribution in [2.24, 2.45) is 7.05 Å². The van der Waals surface area contributed by atoms with E-state index < -0.39 is 27.9 Å². The lowest BCUT2D eigenvalue weighted by atomic mass is 10.1. The van der Waals surface area contributed by atoms with E-state index in [0.717, 1.165) is 6.26 Å². The van der Waals surface area contributed by atoms with Gasteiger partial charge in [0.15, 0.2) is 5.82 Å². The van der Waals surface area contributed by atoms with Gasteiger partial charge >= 0.3 is 0 Å². The Labute approximate surface area is 194 Å². The van der Waals surface area contributed by atoms with Gasteiger partial charge in [-0.1, -0.05) is 11.6 Å². The van der Waals surface area contributed by atoms with E-state index in [1.807, 2.05) is 0 Å². The first-order valence-corrected chi connectivity index (χ1v) is 12.1. The molecule has 1 fully saturated rings. The number of benzene rings is 1. The summed E-state index contributed by atoms with van der Waals surface area (Å²) >= 11 is 6.03. The van der Waals surface area contributed by atoms with Crippen LogP contribution in [0.2, 0.25) is 5.02 Å². The minimum atomic E-state index is -3.53. The van der Waals surface area contributed by atoms with Gasteiger partial charge in [0.25, 0.3) is 5.91 Å². The lowest BCUT2D eigenvalue weighted by molar-refractivity contribution is 0.102. The van der Waals surface area contributed by atoms with Crippen molar-refractivity contribution in [1.29, 1.82) is 0 Å². The average molecular weight is 496 g/mol. The lowest BCUT2D eigenvalue weighted by Gasteiger charge is -2.36. The third-order valence-corrected chi connectivity index (χ3v) is 5.82. The Hall–Kier alpha value is -3.18. The van der Waals surface area contributed by atoms with Gasteiger partial charge in [-0.05, 0) is 24.3 Å². The fraction of sp³-hybridized carbons (Fsp3) is 0.238. The van der Waals surface area contributed by atoms with E-state index in [-0.39, 0.29) is 40.7 Å².